The molecule has 0 aromatic carbocycles. The predicted octanol–water partition coefficient (Wildman–Crippen LogP) is 14.1. The summed E-state index contributed by atoms with van der Waals surface area (Å²) in [6.45, 7) is 6.39. The standard InChI is InChI=1S/C48H82O6/c1-4-7-10-13-16-19-21-23-24-26-27-29-32-35-38-41-47(50)53-44-45(43-52-46(49)40-37-34-31-18-15-12-9-6-3)54-48(51)42-39-36-33-30-28-25-22-20-17-14-11-8-5-2/h7,10-11,14,16,19-20,22-24,45H,4-6,8-9,12-13,15,17-18,21,25-44H2,1-3H3/b10-7-,14-11-,19-16-,22-20-,24-23-. The van der Waals surface area contributed by atoms with Crippen molar-refractivity contribution in [1.29, 1.82) is 0 Å². The Balaban J connectivity index is 4.39. The fraction of sp³-hybridized carbons (Fsp3) is 0.729. The van der Waals surface area contributed by atoms with Crippen molar-refractivity contribution < 1.29 is 28.6 Å². The van der Waals surface area contributed by atoms with Crippen molar-refractivity contribution in [3.8, 4) is 0 Å². The summed E-state index contributed by atoms with van der Waals surface area (Å²) in [7, 11) is 0. The Morgan fingerprint density at radius 3 is 1.20 bits per heavy atom. The maximum absolute atomic E-state index is 12.7. The molecule has 0 bridgehead atoms. The molecule has 6 nitrogen and oxygen atoms in total. The van der Waals surface area contributed by atoms with Gasteiger partial charge in [0.1, 0.15) is 13.2 Å². The average Bonchev–Trinajstić information content (AvgIpc) is 3.17. The highest BCUT2D eigenvalue weighted by atomic mass is 16.6. The molecule has 0 aromatic rings. The van der Waals surface area contributed by atoms with Gasteiger partial charge in [0.15, 0.2) is 6.10 Å². The van der Waals surface area contributed by atoms with Gasteiger partial charge in [-0.15, -0.1) is 0 Å². The Kier molecular flexibility index (Phi) is 40.6. The number of ether oxygens (including phenoxy) is 3. The van der Waals surface area contributed by atoms with Crippen molar-refractivity contribution in [3.05, 3.63) is 60.8 Å². The zero-order chi connectivity index (χ0) is 39.4. The third kappa shape index (κ3) is 40.3. The average molecular weight is 755 g/mol. The van der Waals surface area contributed by atoms with Crippen LogP contribution in [0.15, 0.2) is 60.8 Å². The summed E-state index contributed by atoms with van der Waals surface area (Å²) in [4.78, 5) is 37.6. The number of allylic oxidation sites excluding steroid dienone is 10. The van der Waals surface area contributed by atoms with Crippen molar-refractivity contribution in [1.82, 2.24) is 0 Å². The van der Waals surface area contributed by atoms with E-state index in [0.29, 0.717) is 19.3 Å². The Labute approximate surface area is 332 Å². The second-order valence-corrected chi connectivity index (χ2v) is 14.6. The van der Waals surface area contributed by atoms with Crippen LogP contribution in [0.3, 0.4) is 0 Å². The maximum atomic E-state index is 12.7. The summed E-state index contributed by atoms with van der Waals surface area (Å²) in [6.07, 6.45) is 50.6. The SMILES string of the molecule is CC/C=C\C/C=C\C/C=C\CCCCCCCC(=O)OCC(COC(=O)CCCCCCCCCC)OC(=O)CCCCCCC/C=C\C/C=C\CCC. The van der Waals surface area contributed by atoms with Crippen LogP contribution in [0.4, 0.5) is 0 Å². The molecule has 0 saturated carbocycles. The van der Waals surface area contributed by atoms with Gasteiger partial charge in [-0.1, -0.05) is 171 Å². The lowest BCUT2D eigenvalue weighted by Gasteiger charge is -2.18. The Morgan fingerprint density at radius 1 is 0.389 bits per heavy atom. The molecule has 0 fully saturated rings. The van der Waals surface area contributed by atoms with E-state index in [1.165, 1.54) is 38.5 Å². The molecule has 310 valence electrons. The molecule has 0 heterocycles. The molecule has 54 heavy (non-hydrogen) atoms. The number of hydrogen-bond donors (Lipinski definition) is 0. The third-order valence-electron chi connectivity index (χ3n) is 9.24. The molecule has 0 aliphatic heterocycles. The van der Waals surface area contributed by atoms with Crippen LogP contribution >= 0.6 is 0 Å². The topological polar surface area (TPSA) is 78.9 Å². The largest absolute Gasteiger partial charge is 0.462 e. The normalized spacial score (nSPS) is 12.6. The van der Waals surface area contributed by atoms with Crippen LogP contribution in [0.25, 0.3) is 0 Å². The quantitative estimate of drug-likeness (QED) is 0.0269. The second-order valence-electron chi connectivity index (χ2n) is 14.6. The first-order chi connectivity index (χ1) is 26.5. The van der Waals surface area contributed by atoms with Gasteiger partial charge >= 0.3 is 17.9 Å². The maximum Gasteiger partial charge on any atom is 0.306 e. The van der Waals surface area contributed by atoms with E-state index in [2.05, 4.69) is 81.5 Å². The molecule has 0 amide bonds. The molecule has 0 aliphatic carbocycles. The number of carbonyl (C=O) groups is 3. The summed E-state index contributed by atoms with van der Waals surface area (Å²) >= 11 is 0. The van der Waals surface area contributed by atoms with E-state index < -0.39 is 6.10 Å². The zero-order valence-corrected chi connectivity index (χ0v) is 35.2. The molecule has 0 saturated heterocycles. The second kappa shape index (κ2) is 42.8. The Bertz CT molecular complexity index is 1010. The number of hydrogen-bond acceptors (Lipinski definition) is 6. The summed E-state index contributed by atoms with van der Waals surface area (Å²) in [5, 5.41) is 0. The van der Waals surface area contributed by atoms with E-state index in [4.69, 9.17) is 14.2 Å². The highest BCUT2D eigenvalue weighted by Crippen LogP contribution is 2.13. The summed E-state index contributed by atoms with van der Waals surface area (Å²) in [5.41, 5.74) is 0. The van der Waals surface area contributed by atoms with Gasteiger partial charge in [0, 0.05) is 19.3 Å². The summed E-state index contributed by atoms with van der Waals surface area (Å²) in [5.74, 6) is -0.926. The van der Waals surface area contributed by atoms with Gasteiger partial charge in [-0.3, -0.25) is 14.4 Å². The van der Waals surface area contributed by atoms with E-state index in [1.54, 1.807) is 0 Å². The molecule has 0 aromatic heterocycles. The van der Waals surface area contributed by atoms with Crippen LogP contribution in [-0.4, -0.2) is 37.2 Å². The van der Waals surface area contributed by atoms with Crippen LogP contribution in [0, 0.1) is 0 Å². The van der Waals surface area contributed by atoms with Gasteiger partial charge in [0.05, 0.1) is 0 Å². The molecular formula is C48H82O6. The zero-order valence-electron chi connectivity index (χ0n) is 35.2. The fourth-order valence-electron chi connectivity index (χ4n) is 5.90. The first-order valence-electron chi connectivity index (χ1n) is 22.3. The van der Waals surface area contributed by atoms with Crippen LogP contribution in [0.5, 0.6) is 0 Å². The first-order valence-corrected chi connectivity index (χ1v) is 22.3. The molecule has 1 unspecified atom stereocenters. The number of carbonyl (C=O) groups excluding carboxylic acids is 3. The van der Waals surface area contributed by atoms with E-state index in [1.807, 2.05) is 0 Å². The van der Waals surface area contributed by atoms with E-state index in [9.17, 15) is 14.4 Å². The minimum atomic E-state index is -0.783. The third-order valence-corrected chi connectivity index (χ3v) is 9.24. The molecular weight excluding hydrogens is 673 g/mol. The smallest absolute Gasteiger partial charge is 0.306 e. The minimum Gasteiger partial charge on any atom is -0.462 e. The van der Waals surface area contributed by atoms with Crippen LogP contribution in [0.2, 0.25) is 0 Å². The van der Waals surface area contributed by atoms with Crippen LogP contribution in [0.1, 0.15) is 207 Å². The van der Waals surface area contributed by atoms with Gasteiger partial charge in [-0.25, -0.2) is 0 Å². The van der Waals surface area contributed by atoms with Crippen LogP contribution in [-0.2, 0) is 28.6 Å². The highest BCUT2D eigenvalue weighted by molar-refractivity contribution is 5.71. The molecule has 0 rings (SSSR count). The van der Waals surface area contributed by atoms with Crippen molar-refractivity contribution in [2.24, 2.45) is 0 Å². The van der Waals surface area contributed by atoms with Crippen molar-refractivity contribution >= 4 is 17.9 Å². The molecule has 1 atom stereocenters. The minimum absolute atomic E-state index is 0.0855. The monoisotopic (exact) mass is 755 g/mol. The van der Waals surface area contributed by atoms with E-state index >= 15 is 0 Å². The highest BCUT2D eigenvalue weighted by Gasteiger charge is 2.19. The summed E-state index contributed by atoms with van der Waals surface area (Å²) in [6, 6.07) is 0. The van der Waals surface area contributed by atoms with Crippen molar-refractivity contribution in [3.63, 3.8) is 0 Å². The van der Waals surface area contributed by atoms with Gasteiger partial charge in [-0.05, 0) is 77.0 Å². The van der Waals surface area contributed by atoms with Gasteiger partial charge in [0.2, 0.25) is 0 Å². The van der Waals surface area contributed by atoms with Crippen molar-refractivity contribution in [2.45, 2.75) is 213 Å². The lowest BCUT2D eigenvalue weighted by atomic mass is 10.1. The van der Waals surface area contributed by atoms with Crippen LogP contribution < -0.4 is 0 Å². The van der Waals surface area contributed by atoms with Gasteiger partial charge in [-0.2, -0.15) is 0 Å². The van der Waals surface area contributed by atoms with Gasteiger partial charge in [0.25, 0.3) is 0 Å². The molecule has 6 heteroatoms. The lowest BCUT2D eigenvalue weighted by molar-refractivity contribution is -0.167. The Morgan fingerprint density at radius 2 is 0.759 bits per heavy atom. The molecule has 0 spiro atoms. The summed E-state index contributed by atoms with van der Waals surface area (Å²) < 4.78 is 16.6. The number of unbranched alkanes of at least 4 members (excludes halogenated alkanes) is 18. The van der Waals surface area contributed by atoms with E-state index in [-0.39, 0.29) is 31.1 Å². The predicted molar refractivity (Wildman–Crippen MR) is 228 cm³/mol. The fourth-order valence-corrected chi connectivity index (χ4v) is 5.90. The number of esters is 3. The van der Waals surface area contributed by atoms with Crippen molar-refractivity contribution in [2.75, 3.05) is 13.2 Å². The molecule has 0 aliphatic rings. The molecule has 0 N–H and O–H groups in total. The first kappa shape index (κ1) is 51.1. The molecule has 0 radical (unpaired) electrons. The number of rotatable bonds is 39. The lowest BCUT2D eigenvalue weighted by Crippen LogP contribution is -2.30. The Hall–Kier alpha value is -2.89. The van der Waals surface area contributed by atoms with Gasteiger partial charge < -0.3 is 14.2 Å². The van der Waals surface area contributed by atoms with E-state index in [0.717, 1.165) is 128 Å².